The summed E-state index contributed by atoms with van der Waals surface area (Å²) in [6.07, 6.45) is 2.73. The van der Waals surface area contributed by atoms with E-state index in [1.54, 1.807) is 11.0 Å². The van der Waals surface area contributed by atoms with E-state index in [0.29, 0.717) is 70.9 Å². The predicted octanol–water partition coefficient (Wildman–Crippen LogP) is 5.62. The highest BCUT2D eigenvalue weighted by molar-refractivity contribution is 6.00. The summed E-state index contributed by atoms with van der Waals surface area (Å²) in [6, 6.07) is 14.4. The predicted molar refractivity (Wildman–Crippen MR) is 183 cm³/mol. The maximum absolute atomic E-state index is 13.7. The van der Waals surface area contributed by atoms with Crippen LogP contribution in [-0.4, -0.2) is 80.0 Å². The maximum Gasteiger partial charge on any atom is 0.251 e. The minimum atomic E-state index is -0.516. The Morgan fingerprint density at radius 3 is 2.46 bits per heavy atom. The normalized spacial score (nSPS) is 18.6. The summed E-state index contributed by atoms with van der Waals surface area (Å²) in [6.45, 7) is 10.5. The van der Waals surface area contributed by atoms with Gasteiger partial charge in [-0.1, -0.05) is 49.3 Å². The third kappa shape index (κ3) is 9.70. The number of carbonyl (C=O) groups is 2. The highest BCUT2D eigenvalue weighted by Crippen LogP contribution is 2.39. The molecule has 13 heteroatoms. The number of para-hydroxylation sites is 1. The molecular weight excluding hydrogens is 614 g/mol. The van der Waals surface area contributed by atoms with Gasteiger partial charge in [-0.2, -0.15) is 0 Å². The summed E-state index contributed by atoms with van der Waals surface area (Å²) >= 11 is 0. The molecule has 0 bridgehead atoms. The Balaban J connectivity index is 1.46. The molecule has 2 aliphatic heterocycles. The molecule has 2 amide bonds. The molecule has 0 fully saturated rings. The standard InChI is InChI=1S/C35H49N7O6/c1-5-35(6-2)24-31(43)42(33(36)40-35)29(14-16-45-18-20-47-21-19-46-17-15-38-41-37)25-10-9-11-26(22-25)32(44)39-28-23-34(3,4)48-30-13-8-7-12-27(28)30/h7-13,22,28-29H,5-6,14-21,23-24H2,1-4H3,(H2,36,40)(H,39,44)/t28-,29+/m0/s1. The fraction of sp³-hybridized carbons (Fsp3) is 0.571. The second-order valence-corrected chi connectivity index (χ2v) is 12.7. The number of azide groups is 1. The lowest BCUT2D eigenvalue weighted by Crippen LogP contribution is -2.52. The molecule has 13 nitrogen and oxygen atoms in total. The van der Waals surface area contributed by atoms with Gasteiger partial charge in [0.15, 0.2) is 5.96 Å². The molecule has 2 aromatic carbocycles. The van der Waals surface area contributed by atoms with Crippen molar-refractivity contribution in [1.82, 2.24) is 10.2 Å². The fourth-order valence-electron chi connectivity index (χ4n) is 6.21. The van der Waals surface area contributed by atoms with E-state index in [4.69, 9.17) is 35.2 Å². The van der Waals surface area contributed by atoms with Crippen LogP contribution in [-0.2, 0) is 19.0 Å². The summed E-state index contributed by atoms with van der Waals surface area (Å²) in [5, 5.41) is 6.63. The molecule has 2 heterocycles. The number of guanidine groups is 1. The number of fused-ring (bicyclic) bond motifs is 1. The van der Waals surface area contributed by atoms with E-state index in [2.05, 4.69) is 15.3 Å². The first-order valence-corrected chi connectivity index (χ1v) is 16.7. The third-order valence-electron chi connectivity index (χ3n) is 8.87. The smallest absolute Gasteiger partial charge is 0.251 e. The van der Waals surface area contributed by atoms with Crippen LogP contribution in [0.4, 0.5) is 0 Å². The monoisotopic (exact) mass is 663 g/mol. The number of nitrogens with two attached hydrogens (primary N) is 1. The van der Waals surface area contributed by atoms with Crippen LogP contribution in [0.5, 0.6) is 5.75 Å². The van der Waals surface area contributed by atoms with Crippen molar-refractivity contribution in [3.05, 3.63) is 75.7 Å². The second kappa shape index (κ2) is 17.3. The molecule has 0 unspecified atom stereocenters. The van der Waals surface area contributed by atoms with Gasteiger partial charge in [-0.25, -0.2) is 4.99 Å². The Morgan fingerprint density at radius 1 is 1.08 bits per heavy atom. The minimum Gasteiger partial charge on any atom is -0.487 e. The number of benzene rings is 2. The van der Waals surface area contributed by atoms with E-state index in [0.717, 1.165) is 16.9 Å². The lowest BCUT2D eigenvalue weighted by molar-refractivity contribution is -0.132. The molecule has 4 rings (SSSR count). The van der Waals surface area contributed by atoms with E-state index < -0.39 is 17.2 Å². The van der Waals surface area contributed by atoms with Gasteiger partial charge < -0.3 is 30.0 Å². The molecule has 260 valence electrons. The van der Waals surface area contributed by atoms with Gasteiger partial charge in [-0.3, -0.25) is 14.5 Å². The number of nitrogens with zero attached hydrogens (tertiary/aromatic N) is 5. The van der Waals surface area contributed by atoms with E-state index in [1.165, 1.54) is 0 Å². The van der Waals surface area contributed by atoms with Crippen LogP contribution in [0.3, 0.4) is 0 Å². The lowest BCUT2D eigenvalue weighted by Gasteiger charge is -2.40. The molecule has 48 heavy (non-hydrogen) atoms. The molecule has 0 spiro atoms. The van der Waals surface area contributed by atoms with Crippen molar-refractivity contribution in [1.29, 1.82) is 0 Å². The maximum atomic E-state index is 13.7. The van der Waals surface area contributed by atoms with Gasteiger partial charge in [0.25, 0.3) is 5.91 Å². The van der Waals surface area contributed by atoms with Gasteiger partial charge >= 0.3 is 0 Å². The van der Waals surface area contributed by atoms with Gasteiger partial charge in [-0.15, -0.1) is 0 Å². The number of nitrogens with one attached hydrogen (secondary N) is 1. The quantitative estimate of drug-likeness (QED) is 0.0901. The lowest BCUT2D eigenvalue weighted by atomic mass is 9.87. The molecule has 2 aliphatic rings. The van der Waals surface area contributed by atoms with Crippen LogP contribution in [0, 0.1) is 0 Å². The van der Waals surface area contributed by atoms with Crippen LogP contribution in [0.2, 0.25) is 0 Å². The van der Waals surface area contributed by atoms with Gasteiger partial charge in [0.1, 0.15) is 11.4 Å². The molecule has 0 saturated carbocycles. The van der Waals surface area contributed by atoms with E-state index in [1.807, 2.05) is 70.2 Å². The molecular formula is C35H49N7O6. The Bertz CT molecular complexity index is 1470. The average Bonchev–Trinajstić information content (AvgIpc) is 3.07. The first-order chi connectivity index (χ1) is 23.1. The number of ether oxygens (including phenoxy) is 4. The number of amides is 2. The van der Waals surface area contributed by atoms with Crippen LogP contribution >= 0.6 is 0 Å². The van der Waals surface area contributed by atoms with Crippen molar-refractivity contribution in [3.8, 4) is 5.75 Å². The first-order valence-electron chi connectivity index (χ1n) is 16.7. The zero-order valence-electron chi connectivity index (χ0n) is 28.5. The van der Waals surface area contributed by atoms with Gasteiger partial charge in [0.2, 0.25) is 5.91 Å². The van der Waals surface area contributed by atoms with Crippen molar-refractivity contribution in [2.75, 3.05) is 46.2 Å². The Hall–Kier alpha value is -4.16. The van der Waals surface area contributed by atoms with Crippen molar-refractivity contribution in [2.24, 2.45) is 15.8 Å². The summed E-state index contributed by atoms with van der Waals surface area (Å²) < 4.78 is 22.9. The molecule has 0 aromatic heterocycles. The highest BCUT2D eigenvalue weighted by atomic mass is 16.5. The SMILES string of the molecule is CCC1(CC)CC(=O)N([C@H](CCOCCOCCOCCN=[N+]=[N-])c2cccc(C(=O)N[C@H]3CC(C)(C)Oc4ccccc43)c2)C(N)=N1. The number of hydrogen-bond donors (Lipinski definition) is 2. The van der Waals surface area contributed by atoms with Crippen molar-refractivity contribution in [2.45, 2.75) is 83.0 Å². The molecule has 0 radical (unpaired) electrons. The topological polar surface area (TPSA) is 173 Å². The van der Waals surface area contributed by atoms with E-state index in [-0.39, 0.29) is 36.8 Å². The summed E-state index contributed by atoms with van der Waals surface area (Å²) in [4.78, 5) is 36.5. The van der Waals surface area contributed by atoms with Crippen LogP contribution in [0.1, 0.15) is 93.4 Å². The van der Waals surface area contributed by atoms with E-state index >= 15 is 0 Å². The average molecular weight is 664 g/mol. The van der Waals surface area contributed by atoms with Gasteiger partial charge in [0, 0.05) is 35.6 Å². The fourth-order valence-corrected chi connectivity index (χ4v) is 6.21. The van der Waals surface area contributed by atoms with Gasteiger partial charge in [-0.05, 0) is 62.4 Å². The zero-order chi connectivity index (χ0) is 34.6. The Labute approximate surface area is 282 Å². The van der Waals surface area contributed by atoms with Gasteiger partial charge in [0.05, 0.1) is 57.1 Å². The molecule has 2 aromatic rings. The summed E-state index contributed by atoms with van der Waals surface area (Å²) in [7, 11) is 0. The highest BCUT2D eigenvalue weighted by Gasteiger charge is 2.40. The molecule has 0 aliphatic carbocycles. The zero-order valence-corrected chi connectivity index (χ0v) is 28.5. The van der Waals surface area contributed by atoms with Crippen molar-refractivity contribution in [3.63, 3.8) is 0 Å². The van der Waals surface area contributed by atoms with Crippen molar-refractivity contribution < 1.29 is 28.5 Å². The Kier molecular flexibility index (Phi) is 13.2. The third-order valence-corrected chi connectivity index (χ3v) is 8.87. The number of hydrogen-bond acceptors (Lipinski definition) is 9. The molecule has 2 atom stereocenters. The number of aliphatic imine (C=N–C) groups is 1. The molecule has 3 N–H and O–H groups in total. The minimum absolute atomic E-state index is 0.101. The summed E-state index contributed by atoms with van der Waals surface area (Å²) in [5.41, 5.74) is 16.1. The Morgan fingerprint density at radius 2 is 1.77 bits per heavy atom. The molecule has 0 saturated heterocycles. The van der Waals surface area contributed by atoms with Crippen molar-refractivity contribution >= 4 is 17.8 Å². The van der Waals surface area contributed by atoms with Crippen LogP contribution < -0.4 is 15.8 Å². The number of carbonyl (C=O) groups excluding carboxylic acids is 2. The number of rotatable bonds is 18. The largest absolute Gasteiger partial charge is 0.487 e. The van der Waals surface area contributed by atoms with Crippen LogP contribution in [0.15, 0.2) is 58.6 Å². The summed E-state index contributed by atoms with van der Waals surface area (Å²) in [5.74, 6) is 0.629. The second-order valence-electron chi connectivity index (χ2n) is 12.7. The van der Waals surface area contributed by atoms with Crippen LogP contribution in [0.25, 0.3) is 10.4 Å². The first kappa shape index (κ1) is 36.7. The van der Waals surface area contributed by atoms with E-state index in [9.17, 15) is 9.59 Å².